The molecule has 106 valence electrons. The van der Waals surface area contributed by atoms with E-state index >= 15 is 0 Å². The van der Waals surface area contributed by atoms with Gasteiger partial charge in [-0.05, 0) is 31.5 Å². The largest absolute Gasteiger partial charge is 0.337 e. The van der Waals surface area contributed by atoms with Crippen LogP contribution in [0.15, 0.2) is 18.2 Å². The molecule has 0 unspecified atom stereocenters. The molecule has 0 spiro atoms. The van der Waals surface area contributed by atoms with Crippen LogP contribution in [0.1, 0.15) is 15.6 Å². The average Bonchev–Trinajstić information content (AvgIpc) is 2.81. The van der Waals surface area contributed by atoms with Crippen LogP contribution in [0, 0.1) is 13.8 Å². The minimum absolute atomic E-state index is 0.253. The summed E-state index contributed by atoms with van der Waals surface area (Å²) >= 11 is 7.53. The summed E-state index contributed by atoms with van der Waals surface area (Å²) in [6, 6.07) is 5.15. The highest BCUT2D eigenvalue weighted by molar-refractivity contribution is 7.11. The number of aromatic nitrogens is 2. The number of nitrogens with one attached hydrogen (secondary N) is 2. The Hall–Kier alpha value is -1.66. The Bertz CT molecular complexity index is 614. The highest BCUT2D eigenvalue weighted by Crippen LogP contribution is 2.22. The lowest BCUT2D eigenvalue weighted by atomic mass is 10.2. The fourth-order valence-corrected chi connectivity index (χ4v) is 2.51. The minimum Gasteiger partial charge on any atom is -0.337 e. The number of aryl methyl sites for hydroxylation is 1. The maximum Gasteiger partial charge on any atom is 0.319 e. The first-order valence-electron chi connectivity index (χ1n) is 6.15. The van der Waals surface area contributed by atoms with E-state index in [9.17, 15) is 4.79 Å². The number of amides is 2. The van der Waals surface area contributed by atoms with Gasteiger partial charge in [0.2, 0.25) is 0 Å². The van der Waals surface area contributed by atoms with E-state index in [0.29, 0.717) is 23.7 Å². The normalized spacial score (nSPS) is 10.3. The van der Waals surface area contributed by atoms with Gasteiger partial charge >= 0.3 is 6.03 Å². The van der Waals surface area contributed by atoms with Gasteiger partial charge in [-0.3, -0.25) is 0 Å². The molecule has 0 saturated carbocycles. The van der Waals surface area contributed by atoms with Gasteiger partial charge in [-0.1, -0.05) is 17.7 Å². The monoisotopic (exact) mass is 310 g/mol. The van der Waals surface area contributed by atoms with E-state index in [1.807, 2.05) is 19.9 Å². The van der Waals surface area contributed by atoms with Crippen LogP contribution < -0.4 is 10.6 Å². The number of nitrogens with zero attached hydrogens (tertiary/aromatic N) is 2. The summed E-state index contributed by atoms with van der Waals surface area (Å²) in [5.41, 5.74) is 1.56. The standard InChI is InChI=1S/C13H15ClN4OS/c1-8-10(14)4-3-5-11(8)16-13(19)15-7-6-12-18-17-9(2)20-12/h3-5H,6-7H2,1-2H3,(H2,15,16,19). The lowest BCUT2D eigenvalue weighted by Crippen LogP contribution is -2.30. The van der Waals surface area contributed by atoms with Crippen LogP contribution in [0.5, 0.6) is 0 Å². The molecule has 5 nitrogen and oxygen atoms in total. The molecule has 2 rings (SSSR count). The number of hydrogen-bond acceptors (Lipinski definition) is 4. The number of halogens is 1. The van der Waals surface area contributed by atoms with E-state index in [2.05, 4.69) is 20.8 Å². The van der Waals surface area contributed by atoms with Crippen LogP contribution in [-0.2, 0) is 6.42 Å². The van der Waals surface area contributed by atoms with Crippen molar-refractivity contribution in [2.75, 3.05) is 11.9 Å². The quantitative estimate of drug-likeness (QED) is 0.911. The number of urea groups is 1. The van der Waals surface area contributed by atoms with Crippen molar-refractivity contribution >= 4 is 34.7 Å². The van der Waals surface area contributed by atoms with Crippen LogP contribution in [0.25, 0.3) is 0 Å². The summed E-state index contributed by atoms with van der Waals surface area (Å²) in [7, 11) is 0. The zero-order chi connectivity index (χ0) is 14.5. The Morgan fingerprint density at radius 1 is 1.35 bits per heavy atom. The van der Waals surface area contributed by atoms with Gasteiger partial charge in [0, 0.05) is 23.7 Å². The molecule has 0 aliphatic carbocycles. The van der Waals surface area contributed by atoms with Gasteiger partial charge in [-0.2, -0.15) is 0 Å². The van der Waals surface area contributed by atoms with E-state index in [0.717, 1.165) is 15.6 Å². The van der Waals surface area contributed by atoms with Gasteiger partial charge in [-0.25, -0.2) is 4.79 Å². The van der Waals surface area contributed by atoms with Gasteiger partial charge in [0.15, 0.2) is 0 Å². The first-order valence-corrected chi connectivity index (χ1v) is 7.34. The van der Waals surface area contributed by atoms with E-state index in [1.165, 1.54) is 11.3 Å². The second-order valence-corrected chi connectivity index (χ2v) is 5.93. The summed E-state index contributed by atoms with van der Waals surface area (Å²) in [5.74, 6) is 0. The van der Waals surface area contributed by atoms with Gasteiger partial charge < -0.3 is 10.6 Å². The highest BCUT2D eigenvalue weighted by Gasteiger charge is 2.06. The first kappa shape index (κ1) is 14.7. The Labute approximate surface area is 126 Å². The van der Waals surface area contributed by atoms with Crippen LogP contribution in [-0.4, -0.2) is 22.8 Å². The van der Waals surface area contributed by atoms with E-state index in [-0.39, 0.29) is 6.03 Å². The number of hydrogen-bond donors (Lipinski definition) is 2. The predicted octanol–water partition coefficient (Wildman–Crippen LogP) is 3.17. The molecular formula is C13H15ClN4OS. The minimum atomic E-state index is -0.253. The Morgan fingerprint density at radius 3 is 2.85 bits per heavy atom. The zero-order valence-electron chi connectivity index (χ0n) is 11.2. The Morgan fingerprint density at radius 2 is 2.15 bits per heavy atom. The average molecular weight is 311 g/mol. The number of anilines is 1. The molecule has 7 heteroatoms. The van der Waals surface area contributed by atoms with Crippen LogP contribution in [0.4, 0.5) is 10.5 Å². The molecule has 0 atom stereocenters. The maximum absolute atomic E-state index is 11.8. The first-order chi connectivity index (χ1) is 9.56. The molecule has 0 fully saturated rings. The predicted molar refractivity (Wildman–Crippen MR) is 81.6 cm³/mol. The summed E-state index contributed by atoms with van der Waals surface area (Å²) in [6.07, 6.45) is 0.674. The second kappa shape index (κ2) is 6.67. The number of carbonyl (C=O) groups is 1. The molecular weight excluding hydrogens is 296 g/mol. The third kappa shape index (κ3) is 3.91. The van der Waals surface area contributed by atoms with Crippen molar-refractivity contribution in [2.24, 2.45) is 0 Å². The zero-order valence-corrected chi connectivity index (χ0v) is 12.8. The molecule has 20 heavy (non-hydrogen) atoms. The number of benzene rings is 1. The summed E-state index contributed by atoms with van der Waals surface area (Å²) in [5, 5.41) is 16.0. The van der Waals surface area contributed by atoms with Crippen LogP contribution >= 0.6 is 22.9 Å². The van der Waals surface area contributed by atoms with Crippen molar-refractivity contribution in [3.05, 3.63) is 38.8 Å². The molecule has 0 radical (unpaired) electrons. The van der Waals surface area contributed by atoms with Crippen LogP contribution in [0.2, 0.25) is 5.02 Å². The maximum atomic E-state index is 11.8. The molecule has 1 aromatic heterocycles. The van der Waals surface area contributed by atoms with Crippen molar-refractivity contribution < 1.29 is 4.79 Å². The molecule has 1 heterocycles. The molecule has 1 aromatic carbocycles. The Kier molecular flexibility index (Phi) is 4.92. The van der Waals surface area contributed by atoms with Crippen molar-refractivity contribution in [3.63, 3.8) is 0 Å². The summed E-state index contributed by atoms with van der Waals surface area (Å²) in [6.45, 7) is 4.28. The van der Waals surface area contributed by atoms with Gasteiger partial charge in [-0.15, -0.1) is 21.5 Å². The van der Waals surface area contributed by atoms with Gasteiger partial charge in [0.05, 0.1) is 0 Å². The van der Waals surface area contributed by atoms with E-state index < -0.39 is 0 Å². The molecule has 0 bridgehead atoms. The van der Waals surface area contributed by atoms with Crippen molar-refractivity contribution in [1.82, 2.24) is 15.5 Å². The van der Waals surface area contributed by atoms with Gasteiger partial charge in [0.1, 0.15) is 10.0 Å². The van der Waals surface area contributed by atoms with Crippen molar-refractivity contribution in [2.45, 2.75) is 20.3 Å². The van der Waals surface area contributed by atoms with Crippen molar-refractivity contribution in [1.29, 1.82) is 0 Å². The summed E-state index contributed by atoms with van der Waals surface area (Å²) in [4.78, 5) is 11.8. The SMILES string of the molecule is Cc1nnc(CCNC(=O)Nc2cccc(Cl)c2C)s1. The van der Waals surface area contributed by atoms with E-state index in [4.69, 9.17) is 11.6 Å². The number of carbonyl (C=O) groups excluding carboxylic acids is 1. The Balaban J connectivity index is 1.82. The summed E-state index contributed by atoms with van der Waals surface area (Å²) < 4.78 is 0. The van der Waals surface area contributed by atoms with Gasteiger partial charge in [0.25, 0.3) is 0 Å². The highest BCUT2D eigenvalue weighted by atomic mass is 35.5. The smallest absolute Gasteiger partial charge is 0.319 e. The molecule has 0 aliphatic heterocycles. The molecule has 2 amide bonds. The fourth-order valence-electron chi connectivity index (χ4n) is 1.63. The molecule has 2 aromatic rings. The second-order valence-electron chi connectivity index (χ2n) is 4.26. The lowest BCUT2D eigenvalue weighted by molar-refractivity contribution is 0.252. The van der Waals surface area contributed by atoms with Crippen molar-refractivity contribution in [3.8, 4) is 0 Å². The molecule has 0 aliphatic rings. The third-order valence-corrected chi connectivity index (χ3v) is 4.02. The van der Waals surface area contributed by atoms with Crippen LogP contribution in [0.3, 0.4) is 0 Å². The topological polar surface area (TPSA) is 66.9 Å². The molecule has 2 N–H and O–H groups in total. The van der Waals surface area contributed by atoms with E-state index in [1.54, 1.807) is 12.1 Å². The fraction of sp³-hybridized carbons (Fsp3) is 0.308. The number of rotatable bonds is 4. The third-order valence-electron chi connectivity index (χ3n) is 2.71. The molecule has 0 saturated heterocycles. The lowest BCUT2D eigenvalue weighted by Gasteiger charge is -2.10.